The Kier molecular flexibility index (Phi) is 6.83. The lowest BCUT2D eigenvalue weighted by atomic mass is 9.68. The van der Waals surface area contributed by atoms with Crippen molar-refractivity contribution in [1.29, 1.82) is 10.5 Å². The monoisotopic (exact) mass is 362 g/mol. The third-order valence-corrected chi connectivity index (χ3v) is 6.50. The number of nitriles is 2. The van der Waals surface area contributed by atoms with Crippen molar-refractivity contribution in [2.24, 2.45) is 17.8 Å². The minimum absolute atomic E-state index is 0.527. The molecule has 2 aliphatic rings. The average molecular weight is 362 g/mol. The summed E-state index contributed by atoms with van der Waals surface area (Å²) in [6.45, 7) is 0. The Balaban J connectivity index is 1.44. The van der Waals surface area contributed by atoms with Crippen molar-refractivity contribution in [1.82, 2.24) is 0 Å². The third-order valence-electron chi connectivity index (χ3n) is 6.50. The topological polar surface area (TPSA) is 47.6 Å². The fourth-order valence-corrected chi connectivity index (χ4v) is 4.90. The van der Waals surface area contributed by atoms with Gasteiger partial charge in [-0.05, 0) is 98.8 Å². The molecule has 1 aromatic rings. The zero-order valence-electron chi connectivity index (χ0n) is 15.8. The van der Waals surface area contributed by atoms with Crippen LogP contribution in [0.3, 0.4) is 0 Å². The number of halogens is 1. The highest BCUT2D eigenvalue weighted by Gasteiger charge is 2.30. The molecule has 0 bridgehead atoms. The zero-order valence-corrected chi connectivity index (χ0v) is 15.8. The second kappa shape index (κ2) is 9.52. The van der Waals surface area contributed by atoms with Crippen molar-refractivity contribution in [2.75, 3.05) is 0 Å². The van der Waals surface area contributed by atoms with Crippen LogP contribution in [0.1, 0.15) is 68.4 Å². The molecule has 3 rings (SSSR count). The van der Waals surface area contributed by atoms with E-state index in [9.17, 15) is 4.39 Å². The van der Waals surface area contributed by atoms with Gasteiger partial charge in [0.2, 0.25) is 0 Å². The van der Waals surface area contributed by atoms with Crippen LogP contribution in [0.25, 0.3) is 0 Å². The molecular formula is C24H27FN2. The van der Waals surface area contributed by atoms with Crippen LogP contribution >= 0.6 is 0 Å². The fraction of sp³-hybridized carbons (Fsp3) is 0.500. The summed E-state index contributed by atoms with van der Waals surface area (Å²) in [5.74, 6) is 2.14. The van der Waals surface area contributed by atoms with E-state index in [0.29, 0.717) is 11.8 Å². The number of hydrogen-bond donors (Lipinski definition) is 0. The smallest absolute Gasteiger partial charge is 0.195 e. The molecule has 2 nitrogen and oxygen atoms in total. The first kappa shape index (κ1) is 19.4. The van der Waals surface area contributed by atoms with Crippen molar-refractivity contribution in [3.63, 3.8) is 0 Å². The standard InChI is InChI=1S/C24H27FN2/c25-24(17-27)3-1-2-18-4-8-20(9-5-18)22-12-14-23(15-13-22)21-10-6-19(16-26)7-11-21/h1-3,6-7,10-11,18,20,22-23H,4-5,8-9,12-15H2/b2-1+,24-3-/t18?,20?,22-,23-. The summed E-state index contributed by atoms with van der Waals surface area (Å²) in [6.07, 6.45) is 15.1. The summed E-state index contributed by atoms with van der Waals surface area (Å²) in [7, 11) is 0. The molecule has 0 heterocycles. The van der Waals surface area contributed by atoms with Gasteiger partial charge in [-0.15, -0.1) is 0 Å². The van der Waals surface area contributed by atoms with Crippen LogP contribution < -0.4 is 0 Å². The van der Waals surface area contributed by atoms with Crippen LogP contribution in [-0.4, -0.2) is 0 Å². The quantitative estimate of drug-likeness (QED) is 0.449. The zero-order chi connectivity index (χ0) is 19.1. The molecule has 1 aromatic carbocycles. The van der Waals surface area contributed by atoms with E-state index in [1.54, 1.807) is 6.08 Å². The van der Waals surface area contributed by atoms with Crippen LogP contribution in [0.4, 0.5) is 4.39 Å². The molecule has 0 atom stereocenters. The SMILES string of the molecule is N#C/C(F)=C/C=C/C1CCC([C@H]2CC[C@H](c3ccc(C#N)cc3)CC2)CC1. The van der Waals surface area contributed by atoms with E-state index in [1.165, 1.54) is 69.1 Å². The van der Waals surface area contributed by atoms with Crippen molar-refractivity contribution in [2.45, 2.75) is 57.3 Å². The van der Waals surface area contributed by atoms with Gasteiger partial charge in [0.25, 0.3) is 0 Å². The van der Waals surface area contributed by atoms with Gasteiger partial charge in [-0.1, -0.05) is 24.3 Å². The summed E-state index contributed by atoms with van der Waals surface area (Å²) in [5, 5.41) is 17.4. The van der Waals surface area contributed by atoms with Crippen molar-refractivity contribution < 1.29 is 4.39 Å². The lowest BCUT2D eigenvalue weighted by Gasteiger charge is -2.37. The molecule has 0 N–H and O–H groups in total. The number of nitrogens with zero attached hydrogens (tertiary/aromatic N) is 2. The maximum absolute atomic E-state index is 12.8. The molecule has 0 saturated heterocycles. The number of rotatable bonds is 4. The molecule has 3 heteroatoms. The summed E-state index contributed by atoms with van der Waals surface area (Å²) in [5.41, 5.74) is 2.13. The molecule has 0 unspecified atom stereocenters. The van der Waals surface area contributed by atoms with Gasteiger partial charge < -0.3 is 0 Å². The Bertz CT molecular complexity index is 747. The van der Waals surface area contributed by atoms with Gasteiger partial charge in [0, 0.05) is 0 Å². The molecule has 2 fully saturated rings. The maximum atomic E-state index is 12.8. The van der Waals surface area contributed by atoms with E-state index in [2.05, 4.69) is 24.3 Å². The Hall–Kier alpha value is -2.39. The van der Waals surface area contributed by atoms with Gasteiger partial charge in [0.1, 0.15) is 6.07 Å². The van der Waals surface area contributed by atoms with Gasteiger partial charge in [-0.3, -0.25) is 0 Å². The highest BCUT2D eigenvalue weighted by atomic mass is 19.1. The lowest BCUT2D eigenvalue weighted by Crippen LogP contribution is -2.25. The minimum atomic E-state index is -0.723. The molecule has 140 valence electrons. The predicted octanol–water partition coefficient (Wildman–Crippen LogP) is 6.57. The Morgan fingerprint density at radius 3 is 2.04 bits per heavy atom. The van der Waals surface area contributed by atoms with Crippen molar-refractivity contribution >= 4 is 0 Å². The van der Waals surface area contributed by atoms with E-state index in [1.807, 2.05) is 12.1 Å². The number of hydrogen-bond acceptors (Lipinski definition) is 2. The minimum Gasteiger partial charge on any atom is -0.195 e. The highest BCUT2D eigenvalue weighted by Crippen LogP contribution is 2.44. The van der Waals surface area contributed by atoms with Crippen LogP contribution in [0, 0.1) is 40.4 Å². The van der Waals surface area contributed by atoms with E-state index < -0.39 is 5.83 Å². The summed E-state index contributed by atoms with van der Waals surface area (Å²) >= 11 is 0. The fourth-order valence-electron chi connectivity index (χ4n) is 4.90. The first-order valence-corrected chi connectivity index (χ1v) is 10.1. The molecular weight excluding hydrogens is 335 g/mol. The number of benzene rings is 1. The van der Waals surface area contributed by atoms with Crippen LogP contribution in [0.2, 0.25) is 0 Å². The van der Waals surface area contributed by atoms with E-state index in [4.69, 9.17) is 10.5 Å². The third kappa shape index (κ3) is 5.30. The van der Waals surface area contributed by atoms with Gasteiger partial charge in [0.15, 0.2) is 5.83 Å². The predicted molar refractivity (Wildman–Crippen MR) is 105 cm³/mol. The van der Waals surface area contributed by atoms with Crippen molar-refractivity contribution in [3.8, 4) is 12.1 Å². The van der Waals surface area contributed by atoms with Gasteiger partial charge in [-0.2, -0.15) is 14.9 Å². The first-order chi connectivity index (χ1) is 13.2. The van der Waals surface area contributed by atoms with Crippen LogP contribution in [0.5, 0.6) is 0 Å². The second-order valence-corrected chi connectivity index (χ2v) is 8.03. The first-order valence-electron chi connectivity index (χ1n) is 10.1. The molecule has 2 saturated carbocycles. The molecule has 2 aliphatic carbocycles. The Morgan fingerprint density at radius 2 is 1.48 bits per heavy atom. The van der Waals surface area contributed by atoms with E-state index in [-0.39, 0.29) is 0 Å². The Morgan fingerprint density at radius 1 is 0.889 bits per heavy atom. The molecule has 0 aliphatic heterocycles. The largest absolute Gasteiger partial charge is 0.199 e. The molecule has 27 heavy (non-hydrogen) atoms. The van der Waals surface area contributed by atoms with Crippen LogP contribution in [-0.2, 0) is 0 Å². The maximum Gasteiger partial charge on any atom is 0.199 e. The van der Waals surface area contributed by atoms with Gasteiger partial charge >= 0.3 is 0 Å². The van der Waals surface area contributed by atoms with E-state index in [0.717, 1.165) is 17.4 Å². The van der Waals surface area contributed by atoms with Crippen molar-refractivity contribution in [3.05, 3.63) is 59.4 Å². The summed E-state index contributed by atoms with van der Waals surface area (Å²) in [4.78, 5) is 0. The van der Waals surface area contributed by atoms with Gasteiger partial charge in [0.05, 0.1) is 11.6 Å². The summed E-state index contributed by atoms with van der Waals surface area (Å²) < 4.78 is 12.8. The van der Waals surface area contributed by atoms with Gasteiger partial charge in [-0.25, -0.2) is 0 Å². The lowest BCUT2D eigenvalue weighted by molar-refractivity contribution is 0.171. The van der Waals surface area contributed by atoms with Crippen LogP contribution in [0.15, 0.2) is 48.3 Å². The normalized spacial score (nSPS) is 29.2. The second-order valence-electron chi connectivity index (χ2n) is 8.03. The average Bonchev–Trinajstić information content (AvgIpc) is 2.74. The Labute approximate surface area is 162 Å². The molecule has 0 spiro atoms. The highest BCUT2D eigenvalue weighted by molar-refractivity contribution is 5.33. The number of allylic oxidation sites excluding steroid dienone is 4. The molecule has 0 aromatic heterocycles. The van der Waals surface area contributed by atoms with E-state index >= 15 is 0 Å². The molecule has 0 radical (unpaired) electrons. The summed E-state index contributed by atoms with van der Waals surface area (Å²) in [6, 6.07) is 11.8. The molecule has 0 amide bonds.